The second kappa shape index (κ2) is 12.0. The quantitative estimate of drug-likeness (QED) is 0.287. The number of para-hydroxylation sites is 1. The van der Waals surface area contributed by atoms with Gasteiger partial charge in [-0.3, -0.25) is 9.59 Å². The van der Waals surface area contributed by atoms with Crippen LogP contribution in [-0.2, 0) is 0 Å². The van der Waals surface area contributed by atoms with Crippen molar-refractivity contribution in [2.75, 3.05) is 19.7 Å². The molecule has 3 heterocycles. The summed E-state index contributed by atoms with van der Waals surface area (Å²) in [4.78, 5) is 32.8. The van der Waals surface area contributed by atoms with Crippen molar-refractivity contribution in [2.45, 2.75) is 52.5 Å². The third kappa shape index (κ3) is 5.94. The lowest BCUT2D eigenvalue weighted by Crippen LogP contribution is -2.38. The normalized spacial score (nSPS) is 14.7. The molecule has 8 nitrogen and oxygen atoms in total. The number of rotatable bonds is 8. The highest BCUT2D eigenvalue weighted by molar-refractivity contribution is 7.09. The number of nitrogens with one attached hydrogen (secondary N) is 1. The Hall–Kier alpha value is -3.98. The monoisotopic (exact) mass is 558 g/mol. The molecule has 1 N–H and O–H groups in total. The van der Waals surface area contributed by atoms with Crippen LogP contribution in [0.25, 0.3) is 11.3 Å². The third-order valence-corrected chi connectivity index (χ3v) is 8.28. The molecular formula is C31H34N4O4S. The van der Waals surface area contributed by atoms with Gasteiger partial charge in [0.1, 0.15) is 35.1 Å². The highest BCUT2D eigenvalue weighted by atomic mass is 32.1. The minimum Gasteiger partial charge on any atom is -0.491 e. The zero-order valence-corrected chi connectivity index (χ0v) is 24.1. The molecule has 0 aliphatic carbocycles. The van der Waals surface area contributed by atoms with Gasteiger partial charge in [0.15, 0.2) is 0 Å². The lowest BCUT2D eigenvalue weighted by atomic mass is 9.96. The predicted molar refractivity (Wildman–Crippen MR) is 155 cm³/mol. The van der Waals surface area contributed by atoms with Gasteiger partial charge in [0, 0.05) is 30.0 Å². The number of aromatic nitrogens is 2. The number of thiazole rings is 1. The highest BCUT2D eigenvalue weighted by Gasteiger charge is 2.31. The molecule has 0 spiro atoms. The predicted octanol–water partition coefficient (Wildman–Crippen LogP) is 5.94. The van der Waals surface area contributed by atoms with Gasteiger partial charge in [-0.2, -0.15) is 0 Å². The van der Waals surface area contributed by atoms with Crippen molar-refractivity contribution in [3.8, 4) is 17.0 Å². The molecule has 1 aliphatic rings. The van der Waals surface area contributed by atoms with Crippen molar-refractivity contribution in [3.63, 3.8) is 0 Å². The van der Waals surface area contributed by atoms with E-state index in [-0.39, 0.29) is 23.8 Å². The maximum absolute atomic E-state index is 13.4. The second-order valence-electron chi connectivity index (χ2n) is 10.4. The fourth-order valence-electron chi connectivity index (χ4n) is 5.06. The fraction of sp³-hybridized carbons (Fsp3) is 0.355. The van der Waals surface area contributed by atoms with E-state index in [0.717, 1.165) is 40.3 Å². The van der Waals surface area contributed by atoms with Crippen LogP contribution in [0.15, 0.2) is 58.4 Å². The van der Waals surface area contributed by atoms with Crippen LogP contribution in [0.5, 0.6) is 5.75 Å². The molecule has 0 bridgehead atoms. The van der Waals surface area contributed by atoms with E-state index in [1.165, 1.54) is 11.3 Å². The molecule has 208 valence electrons. The van der Waals surface area contributed by atoms with Gasteiger partial charge in [0.05, 0.1) is 11.0 Å². The topological polar surface area (TPSA) is 97.6 Å². The molecular weight excluding hydrogens is 524 g/mol. The van der Waals surface area contributed by atoms with E-state index in [0.29, 0.717) is 42.4 Å². The summed E-state index contributed by atoms with van der Waals surface area (Å²) in [6.45, 7) is 9.32. The van der Waals surface area contributed by atoms with E-state index >= 15 is 0 Å². The number of amides is 2. The Balaban J connectivity index is 1.15. The Kier molecular flexibility index (Phi) is 8.30. The van der Waals surface area contributed by atoms with Gasteiger partial charge in [0.2, 0.25) is 0 Å². The van der Waals surface area contributed by atoms with Crippen LogP contribution in [0.3, 0.4) is 0 Å². The Bertz CT molecular complexity index is 1470. The van der Waals surface area contributed by atoms with E-state index in [1.807, 2.05) is 79.6 Å². The average molecular weight is 559 g/mol. The molecule has 2 amide bonds. The number of nitrogens with zero attached hydrogens (tertiary/aromatic N) is 3. The maximum Gasteiger partial charge on any atom is 0.271 e. The van der Waals surface area contributed by atoms with E-state index in [9.17, 15) is 9.59 Å². The standard InChI is InChI=1S/C31H34N4O4S/c1-19-9-8-10-20(2)28(19)38-17-21(3)32-29(36)25-18-40-30(33-25)24-13-15-35(16-14-24)31(37)26-22(4)39-34-27(26)23-11-6-5-7-12-23/h5-12,18,21,24H,13-17H2,1-4H3,(H,32,36). The summed E-state index contributed by atoms with van der Waals surface area (Å²) in [6, 6.07) is 15.5. The minimum atomic E-state index is -0.205. The van der Waals surface area contributed by atoms with Crippen LogP contribution in [0, 0.1) is 20.8 Å². The first-order valence-electron chi connectivity index (χ1n) is 13.6. The van der Waals surface area contributed by atoms with Crippen LogP contribution in [0.1, 0.15) is 68.4 Å². The molecule has 2 aromatic carbocycles. The highest BCUT2D eigenvalue weighted by Crippen LogP contribution is 2.33. The molecule has 1 atom stereocenters. The molecule has 1 saturated heterocycles. The van der Waals surface area contributed by atoms with Crippen molar-refractivity contribution in [3.05, 3.63) is 87.1 Å². The molecule has 5 rings (SSSR count). The Labute approximate surface area is 238 Å². The smallest absolute Gasteiger partial charge is 0.271 e. The lowest BCUT2D eigenvalue weighted by molar-refractivity contribution is 0.0711. The van der Waals surface area contributed by atoms with Gasteiger partial charge in [0.25, 0.3) is 11.8 Å². The summed E-state index contributed by atoms with van der Waals surface area (Å²) < 4.78 is 11.4. The SMILES string of the molecule is Cc1cccc(C)c1OCC(C)NC(=O)c1csc(C2CCN(C(=O)c3c(-c4ccccc4)noc3C)CC2)n1. The Morgan fingerprint density at radius 2 is 1.77 bits per heavy atom. The van der Waals surface area contributed by atoms with E-state index in [2.05, 4.69) is 15.5 Å². The first kappa shape index (κ1) is 27.6. The largest absolute Gasteiger partial charge is 0.491 e. The number of ether oxygens (including phenoxy) is 1. The van der Waals surface area contributed by atoms with Crippen molar-refractivity contribution in [1.29, 1.82) is 0 Å². The molecule has 1 aliphatic heterocycles. The number of likely N-dealkylation sites (tertiary alicyclic amines) is 1. The number of benzene rings is 2. The first-order valence-corrected chi connectivity index (χ1v) is 14.5. The van der Waals surface area contributed by atoms with E-state index < -0.39 is 0 Å². The summed E-state index contributed by atoms with van der Waals surface area (Å²) in [5.74, 6) is 1.32. The number of carbonyl (C=O) groups excluding carboxylic acids is 2. The first-order chi connectivity index (χ1) is 19.3. The minimum absolute atomic E-state index is 0.0626. The summed E-state index contributed by atoms with van der Waals surface area (Å²) in [5, 5.41) is 9.90. The third-order valence-electron chi connectivity index (χ3n) is 7.27. The molecule has 4 aromatic rings. The van der Waals surface area contributed by atoms with E-state index in [1.54, 1.807) is 6.92 Å². The Morgan fingerprint density at radius 3 is 2.48 bits per heavy atom. The fourth-order valence-corrected chi connectivity index (χ4v) is 6.03. The summed E-state index contributed by atoms with van der Waals surface area (Å²) in [7, 11) is 0. The van der Waals surface area contributed by atoms with Crippen molar-refractivity contribution < 1.29 is 18.8 Å². The zero-order valence-electron chi connectivity index (χ0n) is 23.3. The summed E-state index contributed by atoms with van der Waals surface area (Å²) in [5.41, 5.74) is 4.53. The van der Waals surface area contributed by atoms with Crippen LogP contribution in [0.2, 0.25) is 0 Å². The molecule has 1 unspecified atom stereocenters. The molecule has 0 radical (unpaired) electrons. The molecule has 1 fully saturated rings. The maximum atomic E-state index is 13.4. The number of carbonyl (C=O) groups is 2. The summed E-state index contributed by atoms with van der Waals surface area (Å²) in [6.07, 6.45) is 1.57. The van der Waals surface area contributed by atoms with Crippen LogP contribution in [0.4, 0.5) is 0 Å². The Morgan fingerprint density at radius 1 is 1.07 bits per heavy atom. The van der Waals surface area contributed by atoms with Gasteiger partial charge in [-0.1, -0.05) is 53.7 Å². The van der Waals surface area contributed by atoms with Gasteiger partial charge in [-0.25, -0.2) is 4.98 Å². The number of aryl methyl sites for hydroxylation is 3. The lowest BCUT2D eigenvalue weighted by Gasteiger charge is -2.31. The number of hydrogen-bond donors (Lipinski definition) is 1. The van der Waals surface area contributed by atoms with E-state index in [4.69, 9.17) is 9.26 Å². The van der Waals surface area contributed by atoms with Crippen LogP contribution in [-0.4, -0.2) is 52.6 Å². The van der Waals surface area contributed by atoms with Crippen LogP contribution >= 0.6 is 11.3 Å². The zero-order chi connectivity index (χ0) is 28.2. The summed E-state index contributed by atoms with van der Waals surface area (Å²) >= 11 is 1.50. The van der Waals surface area contributed by atoms with Gasteiger partial charge in [-0.15, -0.1) is 11.3 Å². The van der Waals surface area contributed by atoms with Gasteiger partial charge < -0.3 is 19.5 Å². The number of piperidine rings is 1. The van der Waals surface area contributed by atoms with Crippen molar-refractivity contribution in [2.24, 2.45) is 0 Å². The number of hydrogen-bond acceptors (Lipinski definition) is 7. The van der Waals surface area contributed by atoms with Gasteiger partial charge >= 0.3 is 0 Å². The molecule has 0 saturated carbocycles. The van der Waals surface area contributed by atoms with Crippen LogP contribution < -0.4 is 10.1 Å². The second-order valence-corrected chi connectivity index (χ2v) is 11.3. The van der Waals surface area contributed by atoms with Crippen molar-refractivity contribution in [1.82, 2.24) is 20.4 Å². The molecule has 9 heteroatoms. The van der Waals surface area contributed by atoms with Crippen molar-refractivity contribution >= 4 is 23.2 Å². The molecule has 2 aromatic heterocycles. The average Bonchev–Trinajstić information content (AvgIpc) is 3.60. The van der Waals surface area contributed by atoms with Gasteiger partial charge in [-0.05, 0) is 51.7 Å². The molecule has 40 heavy (non-hydrogen) atoms.